The van der Waals surface area contributed by atoms with Crippen LogP contribution in [-0.2, 0) is 20.9 Å². The van der Waals surface area contributed by atoms with Gasteiger partial charge in [-0.05, 0) is 39.2 Å². The van der Waals surface area contributed by atoms with Gasteiger partial charge in [-0.15, -0.1) is 0 Å². The van der Waals surface area contributed by atoms with Crippen molar-refractivity contribution in [3.63, 3.8) is 0 Å². The van der Waals surface area contributed by atoms with Crippen molar-refractivity contribution < 1.29 is 23.9 Å². The molecular formula is C20H27N3O5. The van der Waals surface area contributed by atoms with E-state index in [1.54, 1.807) is 13.2 Å². The number of carbonyl (C=O) groups excluding carboxylic acids is 4. The van der Waals surface area contributed by atoms with Crippen molar-refractivity contribution in [2.24, 2.45) is 0 Å². The number of aromatic nitrogens is 1. The first-order valence-corrected chi connectivity index (χ1v) is 9.74. The number of aryl methyl sites for hydroxylation is 1. The molecule has 0 atom stereocenters. The Kier molecular flexibility index (Phi) is 5.98. The van der Waals surface area contributed by atoms with Crippen LogP contribution in [0.3, 0.4) is 0 Å². The molecule has 1 aliphatic carbocycles. The Hall–Kier alpha value is -2.48. The van der Waals surface area contributed by atoms with E-state index in [1.165, 1.54) is 0 Å². The average molecular weight is 389 g/mol. The Bertz CT molecular complexity index is 807. The Labute approximate surface area is 164 Å². The first-order valence-electron chi connectivity index (χ1n) is 9.74. The molecule has 0 unspecified atom stereocenters. The summed E-state index contributed by atoms with van der Waals surface area (Å²) in [4.78, 5) is 51.9. The maximum absolute atomic E-state index is 12.8. The molecule has 152 valence electrons. The molecule has 1 aromatic heterocycles. The number of ketones is 1. The van der Waals surface area contributed by atoms with Crippen LogP contribution in [0.15, 0.2) is 6.07 Å². The zero-order chi connectivity index (χ0) is 20.4. The summed E-state index contributed by atoms with van der Waals surface area (Å²) in [6.45, 7) is 4.68. The van der Waals surface area contributed by atoms with Gasteiger partial charge in [-0.3, -0.25) is 19.3 Å². The number of methoxy groups -OCH3 is 1. The normalized spacial score (nSPS) is 18.0. The first kappa shape index (κ1) is 20.3. The van der Waals surface area contributed by atoms with Crippen molar-refractivity contribution in [2.75, 3.05) is 20.3 Å². The molecule has 3 rings (SSSR count). The average Bonchev–Trinajstić information content (AvgIpc) is 3.33. The lowest BCUT2D eigenvalue weighted by molar-refractivity contribution is -0.143. The second-order valence-corrected chi connectivity index (χ2v) is 7.49. The van der Waals surface area contributed by atoms with Crippen LogP contribution in [0, 0.1) is 13.8 Å². The number of imide groups is 2. The molecule has 1 aromatic rings. The number of urea groups is 1. The minimum Gasteiger partial charge on any atom is -0.385 e. The van der Waals surface area contributed by atoms with Crippen molar-refractivity contribution >= 4 is 23.6 Å². The SMILES string of the molecule is COCCCn1c(C)cc(C(=O)CN2C(=O)C(=O)N(C3CCCC3)C2=O)c1C. The highest BCUT2D eigenvalue weighted by molar-refractivity contribution is 6.45. The summed E-state index contributed by atoms with van der Waals surface area (Å²) in [6, 6.07) is 0.880. The summed E-state index contributed by atoms with van der Waals surface area (Å²) < 4.78 is 7.10. The molecule has 0 bridgehead atoms. The van der Waals surface area contributed by atoms with Crippen LogP contribution in [0.1, 0.15) is 53.8 Å². The van der Waals surface area contributed by atoms with Gasteiger partial charge in [0.2, 0.25) is 0 Å². The zero-order valence-corrected chi connectivity index (χ0v) is 16.7. The number of hydrogen-bond donors (Lipinski definition) is 0. The monoisotopic (exact) mass is 389 g/mol. The van der Waals surface area contributed by atoms with Crippen LogP contribution in [0.2, 0.25) is 0 Å². The van der Waals surface area contributed by atoms with E-state index in [0.29, 0.717) is 18.7 Å². The minimum atomic E-state index is -0.904. The number of amides is 4. The topological polar surface area (TPSA) is 88.9 Å². The molecule has 28 heavy (non-hydrogen) atoms. The van der Waals surface area contributed by atoms with Crippen LogP contribution < -0.4 is 0 Å². The van der Waals surface area contributed by atoms with Gasteiger partial charge in [0, 0.05) is 43.3 Å². The van der Waals surface area contributed by atoms with Gasteiger partial charge in [0.05, 0.1) is 6.54 Å². The van der Waals surface area contributed by atoms with Gasteiger partial charge in [0.25, 0.3) is 0 Å². The lowest BCUT2D eigenvalue weighted by Gasteiger charge is -2.20. The van der Waals surface area contributed by atoms with Crippen molar-refractivity contribution in [3.05, 3.63) is 23.0 Å². The van der Waals surface area contributed by atoms with E-state index in [2.05, 4.69) is 0 Å². The Morgan fingerprint density at radius 1 is 1.14 bits per heavy atom. The summed E-state index contributed by atoms with van der Waals surface area (Å²) in [6.07, 6.45) is 4.12. The van der Waals surface area contributed by atoms with E-state index in [9.17, 15) is 19.2 Å². The number of nitrogens with zero attached hydrogens (tertiary/aromatic N) is 3. The molecule has 0 aromatic carbocycles. The Morgan fingerprint density at radius 2 is 1.82 bits per heavy atom. The fraction of sp³-hybridized carbons (Fsp3) is 0.600. The molecule has 0 spiro atoms. The maximum Gasteiger partial charge on any atom is 0.334 e. The van der Waals surface area contributed by atoms with E-state index < -0.39 is 24.4 Å². The molecule has 2 aliphatic rings. The highest BCUT2D eigenvalue weighted by Crippen LogP contribution is 2.28. The Morgan fingerprint density at radius 3 is 2.46 bits per heavy atom. The number of ether oxygens (including phenoxy) is 1. The molecule has 0 N–H and O–H groups in total. The highest BCUT2D eigenvalue weighted by Gasteiger charge is 2.48. The van der Waals surface area contributed by atoms with Gasteiger partial charge in [-0.1, -0.05) is 12.8 Å². The summed E-state index contributed by atoms with van der Waals surface area (Å²) in [5.41, 5.74) is 2.19. The summed E-state index contributed by atoms with van der Waals surface area (Å²) >= 11 is 0. The van der Waals surface area contributed by atoms with Gasteiger partial charge >= 0.3 is 17.8 Å². The molecule has 1 aliphatic heterocycles. The number of carbonyl (C=O) groups is 4. The van der Waals surface area contributed by atoms with Gasteiger partial charge < -0.3 is 9.30 Å². The molecule has 8 heteroatoms. The van der Waals surface area contributed by atoms with Crippen molar-refractivity contribution in [3.8, 4) is 0 Å². The third-order valence-electron chi connectivity index (χ3n) is 5.68. The second kappa shape index (κ2) is 8.26. The zero-order valence-electron chi connectivity index (χ0n) is 16.7. The molecule has 1 saturated carbocycles. The van der Waals surface area contributed by atoms with Crippen molar-refractivity contribution in [1.82, 2.24) is 14.4 Å². The number of hydrogen-bond acceptors (Lipinski definition) is 5. The molecular weight excluding hydrogens is 362 g/mol. The van der Waals surface area contributed by atoms with E-state index in [-0.39, 0.29) is 11.8 Å². The van der Waals surface area contributed by atoms with Crippen LogP contribution in [0.4, 0.5) is 4.79 Å². The molecule has 8 nitrogen and oxygen atoms in total. The predicted octanol–water partition coefficient (Wildman–Crippen LogP) is 2.06. The fourth-order valence-corrected chi connectivity index (χ4v) is 4.17. The van der Waals surface area contributed by atoms with Crippen LogP contribution in [0.5, 0.6) is 0 Å². The van der Waals surface area contributed by atoms with Crippen LogP contribution in [0.25, 0.3) is 0 Å². The van der Waals surface area contributed by atoms with Crippen molar-refractivity contribution in [1.29, 1.82) is 0 Å². The number of Topliss-reactive ketones (excluding diaryl/α,β-unsaturated/α-hetero) is 1. The predicted molar refractivity (Wildman–Crippen MR) is 101 cm³/mol. The van der Waals surface area contributed by atoms with Gasteiger partial charge in [0.15, 0.2) is 5.78 Å². The van der Waals surface area contributed by atoms with E-state index in [1.807, 2.05) is 18.4 Å². The molecule has 1 saturated heterocycles. The Balaban J connectivity index is 1.74. The van der Waals surface area contributed by atoms with E-state index in [0.717, 1.165) is 53.3 Å². The molecule has 2 fully saturated rings. The van der Waals surface area contributed by atoms with Gasteiger partial charge in [-0.2, -0.15) is 0 Å². The third kappa shape index (κ3) is 3.61. The standard InChI is InChI=1S/C20H27N3O5/c1-13-11-16(14(2)21(13)9-6-10-28-3)17(24)12-22-18(25)19(26)23(20(22)27)15-7-4-5-8-15/h11,15H,4-10,12H2,1-3H3. The molecule has 2 heterocycles. The summed E-state index contributed by atoms with van der Waals surface area (Å²) in [5.74, 6) is -2.05. The third-order valence-corrected chi connectivity index (χ3v) is 5.68. The first-order chi connectivity index (χ1) is 13.4. The van der Waals surface area contributed by atoms with Crippen LogP contribution in [-0.4, -0.2) is 64.3 Å². The minimum absolute atomic E-state index is 0.227. The van der Waals surface area contributed by atoms with Crippen molar-refractivity contribution in [2.45, 2.75) is 58.5 Å². The smallest absolute Gasteiger partial charge is 0.334 e. The summed E-state index contributed by atoms with van der Waals surface area (Å²) in [5, 5.41) is 0. The highest BCUT2D eigenvalue weighted by atomic mass is 16.5. The lowest BCUT2D eigenvalue weighted by Crippen LogP contribution is -2.41. The molecule has 0 radical (unpaired) electrons. The largest absolute Gasteiger partial charge is 0.385 e. The number of rotatable bonds is 8. The van der Waals surface area contributed by atoms with E-state index in [4.69, 9.17) is 4.74 Å². The second-order valence-electron chi connectivity index (χ2n) is 7.49. The van der Waals surface area contributed by atoms with Crippen LogP contribution >= 0.6 is 0 Å². The van der Waals surface area contributed by atoms with Gasteiger partial charge in [0.1, 0.15) is 0 Å². The lowest BCUT2D eigenvalue weighted by atomic mass is 10.1. The van der Waals surface area contributed by atoms with E-state index >= 15 is 0 Å². The quantitative estimate of drug-likeness (QED) is 0.294. The molecule has 4 amide bonds. The summed E-state index contributed by atoms with van der Waals surface area (Å²) in [7, 11) is 1.64. The van der Waals surface area contributed by atoms with Gasteiger partial charge in [-0.25, -0.2) is 9.69 Å². The fourth-order valence-electron chi connectivity index (χ4n) is 4.17. The maximum atomic E-state index is 12.8.